The molecular weight excluding hydrogens is 353 g/mol. The van der Waals surface area contributed by atoms with Gasteiger partial charge in [0, 0.05) is 36.9 Å². The average molecular weight is 376 g/mol. The summed E-state index contributed by atoms with van der Waals surface area (Å²) < 4.78 is 13.0. The van der Waals surface area contributed by atoms with Crippen molar-refractivity contribution in [2.75, 3.05) is 37.6 Å². The summed E-state index contributed by atoms with van der Waals surface area (Å²) in [5.74, 6) is -0.217. The highest BCUT2D eigenvalue weighted by Crippen LogP contribution is 2.18. The van der Waals surface area contributed by atoms with Crippen molar-refractivity contribution < 1.29 is 9.18 Å². The first-order chi connectivity index (χ1) is 12.5. The molecule has 1 atom stereocenters. The van der Waals surface area contributed by atoms with E-state index in [1.54, 1.807) is 12.1 Å². The second-order valence-corrected chi connectivity index (χ2v) is 7.02. The van der Waals surface area contributed by atoms with Crippen LogP contribution in [0.2, 0.25) is 5.02 Å². The molecule has 0 aliphatic carbocycles. The summed E-state index contributed by atoms with van der Waals surface area (Å²) in [5, 5.41) is 3.69. The van der Waals surface area contributed by atoms with Crippen LogP contribution >= 0.6 is 11.6 Å². The molecule has 0 aromatic heterocycles. The first-order valence-electron chi connectivity index (χ1n) is 8.79. The van der Waals surface area contributed by atoms with Crippen LogP contribution in [0, 0.1) is 5.82 Å². The number of amides is 1. The molecular formula is C20H23ClFN3O. The fourth-order valence-corrected chi connectivity index (χ4v) is 3.36. The zero-order valence-electron chi connectivity index (χ0n) is 14.8. The van der Waals surface area contributed by atoms with Crippen molar-refractivity contribution >= 4 is 23.2 Å². The summed E-state index contributed by atoms with van der Waals surface area (Å²) in [4.78, 5) is 16.7. The van der Waals surface area contributed by atoms with Gasteiger partial charge in [-0.05, 0) is 48.9 Å². The number of anilines is 1. The maximum atomic E-state index is 13.0. The fourth-order valence-electron chi connectivity index (χ4n) is 3.17. The number of rotatable bonds is 5. The van der Waals surface area contributed by atoms with Crippen molar-refractivity contribution in [3.63, 3.8) is 0 Å². The van der Waals surface area contributed by atoms with E-state index in [2.05, 4.69) is 15.1 Å². The van der Waals surface area contributed by atoms with Crippen LogP contribution < -0.4 is 10.2 Å². The molecule has 138 valence electrons. The minimum absolute atomic E-state index is 0.00714. The van der Waals surface area contributed by atoms with Crippen LogP contribution in [0.3, 0.4) is 0 Å². The van der Waals surface area contributed by atoms with Crippen LogP contribution in [0.5, 0.6) is 0 Å². The third kappa shape index (κ3) is 4.96. The summed E-state index contributed by atoms with van der Waals surface area (Å²) in [6.07, 6.45) is 0. The summed E-state index contributed by atoms with van der Waals surface area (Å²) >= 11 is 6.01. The molecule has 6 heteroatoms. The van der Waals surface area contributed by atoms with Crippen LogP contribution in [0.15, 0.2) is 48.5 Å². The maximum Gasteiger partial charge on any atom is 0.234 e. The van der Waals surface area contributed by atoms with Gasteiger partial charge in [0.2, 0.25) is 5.91 Å². The van der Waals surface area contributed by atoms with Crippen molar-refractivity contribution in [3.05, 3.63) is 64.9 Å². The molecule has 1 N–H and O–H groups in total. The Morgan fingerprint density at radius 1 is 1.15 bits per heavy atom. The molecule has 1 aliphatic heterocycles. The summed E-state index contributed by atoms with van der Waals surface area (Å²) in [6.45, 7) is 5.58. The second-order valence-electron chi connectivity index (χ2n) is 6.58. The van der Waals surface area contributed by atoms with Crippen molar-refractivity contribution in [1.29, 1.82) is 0 Å². The normalized spacial score (nSPS) is 16.3. The average Bonchev–Trinajstić information content (AvgIpc) is 2.63. The number of nitrogens with zero attached hydrogens (tertiary/aromatic N) is 2. The van der Waals surface area contributed by atoms with Crippen molar-refractivity contribution in [2.45, 2.75) is 13.0 Å². The molecule has 0 bridgehead atoms. The standard InChI is InChI=1S/C20H23ClFN3O/c1-15(16-3-2-4-17(21)13-16)23-20(26)14-24-9-11-25(12-10-24)19-7-5-18(22)6-8-19/h2-8,13,15H,9-12,14H2,1H3,(H,23,26)/t15-/m0/s1. The SMILES string of the molecule is C[C@H](NC(=O)CN1CCN(c2ccc(F)cc2)CC1)c1cccc(Cl)c1. The zero-order valence-corrected chi connectivity index (χ0v) is 15.5. The summed E-state index contributed by atoms with van der Waals surface area (Å²) in [5.41, 5.74) is 2.01. The van der Waals surface area contributed by atoms with E-state index < -0.39 is 0 Å². The van der Waals surface area contributed by atoms with Gasteiger partial charge in [-0.2, -0.15) is 0 Å². The minimum atomic E-state index is -0.224. The number of carbonyl (C=O) groups excluding carboxylic acids is 1. The molecule has 1 fully saturated rings. The third-order valence-corrected chi connectivity index (χ3v) is 4.89. The number of benzene rings is 2. The Balaban J connectivity index is 1.46. The van der Waals surface area contributed by atoms with E-state index in [0.29, 0.717) is 11.6 Å². The minimum Gasteiger partial charge on any atom is -0.369 e. The number of hydrogen-bond acceptors (Lipinski definition) is 3. The van der Waals surface area contributed by atoms with Gasteiger partial charge in [-0.1, -0.05) is 23.7 Å². The quantitative estimate of drug-likeness (QED) is 0.869. The lowest BCUT2D eigenvalue weighted by atomic mass is 10.1. The predicted octanol–water partition coefficient (Wildman–Crippen LogP) is 3.48. The number of halogens is 2. The molecule has 0 spiro atoms. The maximum absolute atomic E-state index is 13.0. The van der Waals surface area contributed by atoms with Gasteiger partial charge >= 0.3 is 0 Å². The molecule has 1 aliphatic rings. The van der Waals surface area contributed by atoms with Crippen LogP contribution in [0.4, 0.5) is 10.1 Å². The zero-order chi connectivity index (χ0) is 18.5. The van der Waals surface area contributed by atoms with E-state index in [-0.39, 0.29) is 17.8 Å². The molecule has 4 nitrogen and oxygen atoms in total. The lowest BCUT2D eigenvalue weighted by Crippen LogP contribution is -2.49. The second kappa shape index (κ2) is 8.52. The number of hydrogen-bond donors (Lipinski definition) is 1. The summed E-state index contributed by atoms with van der Waals surface area (Å²) in [6, 6.07) is 14.0. The van der Waals surface area contributed by atoms with Crippen molar-refractivity contribution in [2.24, 2.45) is 0 Å². The monoisotopic (exact) mass is 375 g/mol. The Morgan fingerprint density at radius 3 is 2.50 bits per heavy atom. The third-order valence-electron chi connectivity index (χ3n) is 4.66. The number of carbonyl (C=O) groups is 1. The van der Waals surface area contributed by atoms with Gasteiger partial charge in [-0.15, -0.1) is 0 Å². The van der Waals surface area contributed by atoms with Crippen LogP contribution in [-0.2, 0) is 4.79 Å². The molecule has 2 aromatic carbocycles. The highest BCUT2D eigenvalue weighted by molar-refractivity contribution is 6.30. The van der Waals surface area contributed by atoms with Crippen LogP contribution in [0.25, 0.3) is 0 Å². The Kier molecular flexibility index (Phi) is 6.12. The van der Waals surface area contributed by atoms with Gasteiger partial charge in [-0.3, -0.25) is 9.69 Å². The van der Waals surface area contributed by atoms with Crippen LogP contribution in [-0.4, -0.2) is 43.5 Å². The fraction of sp³-hybridized carbons (Fsp3) is 0.350. The molecule has 1 heterocycles. The molecule has 1 saturated heterocycles. The Morgan fingerprint density at radius 2 is 1.85 bits per heavy atom. The topological polar surface area (TPSA) is 35.6 Å². The van der Waals surface area contributed by atoms with Crippen molar-refractivity contribution in [3.8, 4) is 0 Å². The number of nitrogens with one attached hydrogen (secondary N) is 1. The molecule has 0 saturated carbocycles. The first-order valence-corrected chi connectivity index (χ1v) is 9.17. The number of piperazine rings is 1. The highest BCUT2D eigenvalue weighted by atomic mass is 35.5. The van der Waals surface area contributed by atoms with Gasteiger partial charge in [0.15, 0.2) is 0 Å². The van der Waals surface area contributed by atoms with E-state index in [9.17, 15) is 9.18 Å². The molecule has 1 amide bonds. The van der Waals surface area contributed by atoms with Crippen molar-refractivity contribution in [1.82, 2.24) is 10.2 Å². The largest absolute Gasteiger partial charge is 0.369 e. The van der Waals surface area contributed by atoms with Crippen LogP contribution in [0.1, 0.15) is 18.5 Å². The van der Waals surface area contributed by atoms with E-state index >= 15 is 0 Å². The lowest BCUT2D eigenvalue weighted by Gasteiger charge is -2.35. The lowest BCUT2D eigenvalue weighted by molar-refractivity contribution is -0.123. The Labute approximate surface area is 158 Å². The van der Waals surface area contributed by atoms with E-state index in [1.165, 1.54) is 12.1 Å². The molecule has 3 rings (SSSR count). The molecule has 26 heavy (non-hydrogen) atoms. The molecule has 0 radical (unpaired) electrons. The molecule has 0 unspecified atom stereocenters. The molecule has 2 aromatic rings. The van der Waals surface area contributed by atoms with E-state index in [4.69, 9.17) is 11.6 Å². The van der Waals surface area contributed by atoms with Gasteiger partial charge < -0.3 is 10.2 Å². The van der Waals surface area contributed by atoms with Gasteiger partial charge in [0.05, 0.1) is 12.6 Å². The summed E-state index contributed by atoms with van der Waals surface area (Å²) in [7, 11) is 0. The Hall–Kier alpha value is -2.11. The highest BCUT2D eigenvalue weighted by Gasteiger charge is 2.20. The smallest absolute Gasteiger partial charge is 0.234 e. The van der Waals surface area contributed by atoms with Gasteiger partial charge in [0.25, 0.3) is 0 Å². The first kappa shape index (κ1) is 18.7. The Bertz CT molecular complexity index is 745. The predicted molar refractivity (Wildman–Crippen MR) is 103 cm³/mol. The van der Waals surface area contributed by atoms with Gasteiger partial charge in [0.1, 0.15) is 5.82 Å². The van der Waals surface area contributed by atoms with Gasteiger partial charge in [-0.25, -0.2) is 4.39 Å². The van der Waals surface area contributed by atoms with E-state index in [1.807, 2.05) is 31.2 Å². The van der Waals surface area contributed by atoms with E-state index in [0.717, 1.165) is 37.4 Å².